The molecule has 0 saturated heterocycles. The van der Waals surface area contributed by atoms with Crippen LogP contribution in [0.15, 0.2) is 16.7 Å². The first-order chi connectivity index (χ1) is 6.13. The Morgan fingerprint density at radius 1 is 1.62 bits per heavy atom. The van der Waals surface area contributed by atoms with E-state index in [0.29, 0.717) is 11.4 Å². The van der Waals surface area contributed by atoms with Crippen LogP contribution in [0.1, 0.15) is 19.5 Å². The van der Waals surface area contributed by atoms with E-state index in [1.807, 2.05) is 13.8 Å². The first-order valence-electron chi connectivity index (χ1n) is 4.05. The van der Waals surface area contributed by atoms with Gasteiger partial charge in [0.25, 0.3) is 0 Å². The van der Waals surface area contributed by atoms with Gasteiger partial charge in [0, 0.05) is 10.7 Å². The highest BCUT2D eigenvalue weighted by atomic mass is 79.9. The number of aliphatic hydroxyl groups is 1. The van der Waals surface area contributed by atoms with Crippen LogP contribution in [0.25, 0.3) is 0 Å². The maximum absolute atomic E-state index is 8.96. The lowest BCUT2D eigenvalue weighted by molar-refractivity contribution is 0.222. The van der Waals surface area contributed by atoms with Crippen LogP contribution in [0.3, 0.4) is 0 Å². The minimum atomic E-state index is -0.102. The summed E-state index contributed by atoms with van der Waals surface area (Å²) in [5.74, 6) is 0.631. The van der Waals surface area contributed by atoms with Crippen LogP contribution in [0.4, 0.5) is 0 Å². The Hall–Kier alpha value is -0.610. The van der Waals surface area contributed by atoms with Gasteiger partial charge in [0.2, 0.25) is 0 Å². The highest BCUT2D eigenvalue weighted by molar-refractivity contribution is 9.10. The number of pyridine rings is 1. The summed E-state index contributed by atoms with van der Waals surface area (Å²) >= 11 is 3.29. The molecule has 1 aromatic rings. The van der Waals surface area contributed by atoms with Gasteiger partial charge in [-0.3, -0.25) is 4.98 Å². The van der Waals surface area contributed by atoms with E-state index in [2.05, 4.69) is 20.9 Å². The molecule has 0 bridgehead atoms. The highest BCUT2D eigenvalue weighted by Gasteiger charge is 2.06. The molecule has 4 heteroatoms. The summed E-state index contributed by atoms with van der Waals surface area (Å²) in [5.41, 5.74) is 0.567. The van der Waals surface area contributed by atoms with Gasteiger partial charge in [-0.15, -0.1) is 0 Å². The zero-order valence-corrected chi connectivity index (χ0v) is 9.21. The van der Waals surface area contributed by atoms with Gasteiger partial charge in [0.1, 0.15) is 11.4 Å². The number of hydrogen-bond donors (Lipinski definition) is 1. The van der Waals surface area contributed by atoms with Crippen molar-refractivity contribution in [3.8, 4) is 5.75 Å². The van der Waals surface area contributed by atoms with Gasteiger partial charge >= 0.3 is 0 Å². The molecular weight excluding hydrogens is 234 g/mol. The summed E-state index contributed by atoms with van der Waals surface area (Å²) in [6.45, 7) is 3.76. The van der Waals surface area contributed by atoms with E-state index in [1.165, 1.54) is 0 Å². The molecule has 0 amide bonds. The second-order valence-electron chi connectivity index (χ2n) is 2.92. The smallest absolute Gasteiger partial charge is 0.144 e. The average molecular weight is 246 g/mol. The molecule has 0 spiro atoms. The van der Waals surface area contributed by atoms with Crippen LogP contribution < -0.4 is 4.74 Å². The number of rotatable bonds is 3. The summed E-state index contributed by atoms with van der Waals surface area (Å²) in [5, 5.41) is 8.96. The molecule has 1 aromatic heterocycles. The molecule has 13 heavy (non-hydrogen) atoms. The van der Waals surface area contributed by atoms with Crippen molar-refractivity contribution in [1.82, 2.24) is 4.98 Å². The van der Waals surface area contributed by atoms with E-state index < -0.39 is 0 Å². The summed E-state index contributed by atoms with van der Waals surface area (Å²) in [6.07, 6.45) is 1.72. The van der Waals surface area contributed by atoms with Crippen LogP contribution in [0.5, 0.6) is 5.75 Å². The zero-order chi connectivity index (χ0) is 9.84. The predicted octanol–water partition coefficient (Wildman–Crippen LogP) is 2.12. The molecule has 0 unspecified atom stereocenters. The lowest BCUT2D eigenvalue weighted by Gasteiger charge is -2.12. The molecule has 0 aliphatic heterocycles. The van der Waals surface area contributed by atoms with Crippen molar-refractivity contribution in [3.63, 3.8) is 0 Å². The molecule has 0 saturated carbocycles. The lowest BCUT2D eigenvalue weighted by atomic mass is 10.3. The van der Waals surface area contributed by atoms with E-state index in [9.17, 15) is 0 Å². The Morgan fingerprint density at radius 3 is 2.85 bits per heavy atom. The average Bonchev–Trinajstić information content (AvgIpc) is 2.03. The van der Waals surface area contributed by atoms with Crippen LogP contribution in [-0.2, 0) is 6.61 Å². The van der Waals surface area contributed by atoms with Crippen molar-refractivity contribution < 1.29 is 9.84 Å². The largest absolute Gasteiger partial charge is 0.489 e. The normalized spacial score (nSPS) is 10.5. The van der Waals surface area contributed by atoms with Crippen LogP contribution in [0.2, 0.25) is 0 Å². The van der Waals surface area contributed by atoms with Gasteiger partial charge in [-0.1, -0.05) is 0 Å². The van der Waals surface area contributed by atoms with Crippen molar-refractivity contribution >= 4 is 15.9 Å². The number of aromatic nitrogens is 1. The zero-order valence-electron chi connectivity index (χ0n) is 7.62. The third kappa shape index (κ3) is 2.97. The molecular formula is C9H12BrNO2. The van der Waals surface area contributed by atoms with Crippen molar-refractivity contribution in [2.24, 2.45) is 0 Å². The summed E-state index contributed by atoms with van der Waals surface area (Å²) in [6, 6.07) is 1.80. The first kappa shape index (κ1) is 10.5. The number of halogens is 1. The summed E-state index contributed by atoms with van der Waals surface area (Å²) in [7, 11) is 0. The number of aliphatic hydroxyl groups excluding tert-OH is 1. The van der Waals surface area contributed by atoms with Gasteiger partial charge in [-0.2, -0.15) is 0 Å². The van der Waals surface area contributed by atoms with E-state index in [0.717, 1.165) is 4.47 Å². The number of ether oxygens (including phenoxy) is 1. The van der Waals surface area contributed by atoms with E-state index >= 15 is 0 Å². The van der Waals surface area contributed by atoms with Crippen molar-refractivity contribution in [1.29, 1.82) is 0 Å². The van der Waals surface area contributed by atoms with Crippen LogP contribution in [-0.4, -0.2) is 16.2 Å². The lowest BCUT2D eigenvalue weighted by Crippen LogP contribution is -2.08. The van der Waals surface area contributed by atoms with E-state index in [4.69, 9.17) is 9.84 Å². The minimum Gasteiger partial charge on any atom is -0.489 e. The van der Waals surface area contributed by atoms with Crippen molar-refractivity contribution in [3.05, 3.63) is 22.4 Å². The second kappa shape index (κ2) is 4.58. The fourth-order valence-corrected chi connectivity index (χ4v) is 1.23. The van der Waals surface area contributed by atoms with Crippen molar-refractivity contribution in [2.45, 2.75) is 26.6 Å². The maximum Gasteiger partial charge on any atom is 0.144 e. The minimum absolute atomic E-state index is 0.0846. The van der Waals surface area contributed by atoms with Crippen LogP contribution >= 0.6 is 15.9 Å². The second-order valence-corrected chi connectivity index (χ2v) is 3.84. The SMILES string of the molecule is CC(C)Oc1cc(Br)cnc1CO. The Morgan fingerprint density at radius 2 is 2.31 bits per heavy atom. The molecule has 3 nitrogen and oxygen atoms in total. The third-order valence-corrected chi connectivity index (χ3v) is 1.84. The van der Waals surface area contributed by atoms with Crippen LogP contribution in [0, 0.1) is 0 Å². The summed E-state index contributed by atoms with van der Waals surface area (Å²) < 4.78 is 6.31. The molecule has 1 N–H and O–H groups in total. The predicted molar refractivity (Wildman–Crippen MR) is 53.6 cm³/mol. The fourth-order valence-electron chi connectivity index (χ4n) is 0.924. The number of nitrogens with zero attached hydrogens (tertiary/aromatic N) is 1. The highest BCUT2D eigenvalue weighted by Crippen LogP contribution is 2.22. The standard InChI is InChI=1S/C9H12BrNO2/c1-6(2)13-9-3-7(10)4-11-8(9)5-12/h3-4,6,12H,5H2,1-2H3. The molecule has 0 fully saturated rings. The van der Waals surface area contributed by atoms with E-state index in [-0.39, 0.29) is 12.7 Å². The van der Waals surface area contributed by atoms with Gasteiger partial charge < -0.3 is 9.84 Å². The molecule has 1 heterocycles. The molecule has 0 radical (unpaired) electrons. The third-order valence-electron chi connectivity index (χ3n) is 1.41. The Labute approximate surface area is 85.9 Å². The maximum atomic E-state index is 8.96. The monoisotopic (exact) mass is 245 g/mol. The van der Waals surface area contributed by atoms with Gasteiger partial charge in [0.05, 0.1) is 12.7 Å². The summed E-state index contributed by atoms with van der Waals surface area (Å²) in [4.78, 5) is 4.03. The topological polar surface area (TPSA) is 42.4 Å². The van der Waals surface area contributed by atoms with Gasteiger partial charge in [-0.05, 0) is 35.8 Å². The number of hydrogen-bond acceptors (Lipinski definition) is 3. The molecule has 0 aromatic carbocycles. The molecule has 0 aliphatic carbocycles. The Bertz CT molecular complexity index is 289. The first-order valence-corrected chi connectivity index (χ1v) is 4.84. The van der Waals surface area contributed by atoms with Gasteiger partial charge in [-0.25, -0.2) is 0 Å². The Balaban J connectivity index is 2.94. The Kier molecular flexibility index (Phi) is 3.69. The quantitative estimate of drug-likeness (QED) is 0.888. The molecule has 1 rings (SSSR count). The van der Waals surface area contributed by atoms with E-state index in [1.54, 1.807) is 12.3 Å². The fraction of sp³-hybridized carbons (Fsp3) is 0.444. The van der Waals surface area contributed by atoms with Gasteiger partial charge in [0.15, 0.2) is 0 Å². The molecule has 0 atom stereocenters. The molecule has 72 valence electrons. The molecule has 0 aliphatic rings. The van der Waals surface area contributed by atoms with Crippen molar-refractivity contribution in [2.75, 3.05) is 0 Å².